The Morgan fingerprint density at radius 3 is 2.37 bits per heavy atom. The Kier molecular flexibility index (Phi) is 5.25. The molecule has 30 heavy (non-hydrogen) atoms. The number of aromatic nitrogens is 4. The highest BCUT2D eigenvalue weighted by atomic mass is 32.2. The van der Waals surface area contributed by atoms with Crippen molar-refractivity contribution in [1.82, 2.24) is 20.2 Å². The molecular formula is C21H22N4O3S2. The van der Waals surface area contributed by atoms with Crippen molar-refractivity contribution in [2.45, 2.75) is 37.8 Å². The molecule has 0 spiro atoms. The van der Waals surface area contributed by atoms with Crippen LogP contribution in [0.5, 0.6) is 0 Å². The van der Waals surface area contributed by atoms with E-state index in [1.165, 1.54) is 11.3 Å². The van der Waals surface area contributed by atoms with Gasteiger partial charge >= 0.3 is 0 Å². The molecule has 1 aromatic carbocycles. The molecule has 9 heteroatoms. The molecule has 3 aromatic heterocycles. The molecule has 4 rings (SSSR count). The van der Waals surface area contributed by atoms with Crippen LogP contribution in [0.1, 0.15) is 26.5 Å². The minimum absolute atomic E-state index is 0. The van der Waals surface area contributed by atoms with Crippen LogP contribution < -0.4 is 0 Å². The summed E-state index contributed by atoms with van der Waals surface area (Å²) >= 11 is 1.54. The second-order valence-corrected chi connectivity index (χ2v) is 10.6. The fourth-order valence-electron chi connectivity index (χ4n) is 2.88. The van der Waals surface area contributed by atoms with Gasteiger partial charge in [-0.15, -0.1) is 21.5 Å². The molecule has 4 aromatic rings. The SMILES string of the molecule is Cc1ccsc1-c1nnc(-c2nc(-c3ccc(S(=O)(=O)C(C)C)cc3)cnc2C)o1.[HH]. The molecule has 0 N–H and O–H groups in total. The van der Waals surface area contributed by atoms with Gasteiger partial charge in [0.2, 0.25) is 0 Å². The van der Waals surface area contributed by atoms with Crippen LogP contribution in [0.3, 0.4) is 0 Å². The monoisotopic (exact) mass is 442 g/mol. The first-order valence-electron chi connectivity index (χ1n) is 9.33. The van der Waals surface area contributed by atoms with Gasteiger partial charge in [0.1, 0.15) is 5.69 Å². The molecule has 0 radical (unpaired) electrons. The standard InChI is InChI=1S/C21H20N4O3S2.H2/c1-12(2)30(26,27)16-7-5-15(6-8-16)17-11-22-14(4)18(23-17)20-24-25-21(28-20)19-13(3)9-10-29-19;/h5-12H,1-4H3;1H. The summed E-state index contributed by atoms with van der Waals surface area (Å²) in [6.07, 6.45) is 1.64. The van der Waals surface area contributed by atoms with Crippen LogP contribution in [-0.4, -0.2) is 33.8 Å². The average molecular weight is 443 g/mol. The van der Waals surface area contributed by atoms with E-state index < -0.39 is 15.1 Å². The predicted octanol–water partition coefficient (Wildman–Crippen LogP) is 4.97. The Hall–Kier alpha value is -2.91. The molecule has 0 aliphatic carbocycles. The van der Waals surface area contributed by atoms with Crippen molar-refractivity contribution in [1.29, 1.82) is 0 Å². The van der Waals surface area contributed by atoms with Crippen molar-refractivity contribution in [2.24, 2.45) is 0 Å². The first-order chi connectivity index (χ1) is 14.3. The van der Waals surface area contributed by atoms with Crippen molar-refractivity contribution in [2.75, 3.05) is 0 Å². The highest BCUT2D eigenvalue weighted by molar-refractivity contribution is 7.92. The number of hydrogen-bond acceptors (Lipinski definition) is 8. The second-order valence-electron chi connectivity index (χ2n) is 7.15. The molecule has 7 nitrogen and oxygen atoms in total. The molecule has 0 unspecified atom stereocenters. The topological polar surface area (TPSA) is 98.8 Å². The van der Waals surface area contributed by atoms with Crippen molar-refractivity contribution < 1.29 is 14.3 Å². The molecule has 156 valence electrons. The van der Waals surface area contributed by atoms with Gasteiger partial charge in [-0.3, -0.25) is 4.98 Å². The van der Waals surface area contributed by atoms with Gasteiger partial charge in [0.05, 0.1) is 32.6 Å². The van der Waals surface area contributed by atoms with Gasteiger partial charge in [-0.05, 0) is 56.8 Å². The summed E-state index contributed by atoms with van der Waals surface area (Å²) in [7, 11) is -3.32. The van der Waals surface area contributed by atoms with Crippen LogP contribution in [0, 0.1) is 13.8 Å². The Morgan fingerprint density at radius 1 is 1.03 bits per heavy atom. The van der Waals surface area contributed by atoms with E-state index in [1.54, 1.807) is 44.3 Å². The summed E-state index contributed by atoms with van der Waals surface area (Å²) in [5.74, 6) is 0.746. The lowest BCUT2D eigenvalue weighted by Gasteiger charge is -2.09. The van der Waals surface area contributed by atoms with E-state index in [0.29, 0.717) is 28.9 Å². The second kappa shape index (κ2) is 7.73. The molecule has 3 heterocycles. The van der Waals surface area contributed by atoms with E-state index in [-0.39, 0.29) is 6.32 Å². The third-order valence-electron chi connectivity index (χ3n) is 4.74. The molecule has 0 atom stereocenters. The molecule has 0 bridgehead atoms. The zero-order valence-electron chi connectivity index (χ0n) is 16.9. The minimum atomic E-state index is -3.32. The summed E-state index contributed by atoms with van der Waals surface area (Å²) in [4.78, 5) is 10.3. The van der Waals surface area contributed by atoms with Crippen LogP contribution in [0.25, 0.3) is 33.6 Å². The van der Waals surface area contributed by atoms with Crippen LogP contribution in [0.15, 0.2) is 51.2 Å². The van der Waals surface area contributed by atoms with Gasteiger partial charge in [0.25, 0.3) is 11.8 Å². The van der Waals surface area contributed by atoms with E-state index in [1.807, 2.05) is 25.3 Å². The minimum Gasteiger partial charge on any atom is -0.414 e. The molecule has 0 aliphatic heterocycles. The highest BCUT2D eigenvalue weighted by Crippen LogP contribution is 2.31. The summed E-state index contributed by atoms with van der Waals surface area (Å²) < 4.78 is 30.5. The molecule has 0 saturated heterocycles. The van der Waals surface area contributed by atoms with Crippen molar-refractivity contribution >= 4 is 21.2 Å². The largest absolute Gasteiger partial charge is 0.414 e. The molecule has 0 saturated carbocycles. The quantitative estimate of drug-likeness (QED) is 0.430. The van der Waals surface area contributed by atoms with E-state index >= 15 is 0 Å². The number of rotatable bonds is 5. The van der Waals surface area contributed by atoms with E-state index in [2.05, 4.69) is 20.2 Å². The Balaban J connectivity index is 0.00000272. The van der Waals surface area contributed by atoms with Gasteiger partial charge in [0, 0.05) is 6.99 Å². The summed E-state index contributed by atoms with van der Waals surface area (Å²) in [5, 5.41) is 9.80. The van der Waals surface area contributed by atoms with E-state index in [0.717, 1.165) is 16.0 Å². The summed E-state index contributed by atoms with van der Waals surface area (Å²) in [5.41, 5.74) is 3.58. The fraction of sp³-hybridized carbons (Fsp3) is 0.238. The van der Waals surface area contributed by atoms with Crippen molar-refractivity contribution in [3.63, 3.8) is 0 Å². The number of hydrogen-bond donors (Lipinski definition) is 0. The highest BCUT2D eigenvalue weighted by Gasteiger charge is 2.20. The first kappa shape index (κ1) is 20.4. The maximum atomic E-state index is 12.3. The Bertz CT molecular complexity index is 1310. The number of nitrogens with zero attached hydrogens (tertiary/aromatic N) is 4. The van der Waals surface area contributed by atoms with Crippen LogP contribution in [0.2, 0.25) is 0 Å². The normalized spacial score (nSPS) is 11.9. The number of sulfone groups is 1. The van der Waals surface area contributed by atoms with Gasteiger partial charge in [-0.2, -0.15) is 0 Å². The summed E-state index contributed by atoms with van der Waals surface area (Å²) in [6.45, 7) is 7.14. The van der Waals surface area contributed by atoms with Crippen LogP contribution >= 0.6 is 11.3 Å². The third kappa shape index (κ3) is 3.66. The zero-order valence-corrected chi connectivity index (χ0v) is 18.6. The van der Waals surface area contributed by atoms with E-state index in [4.69, 9.17) is 4.42 Å². The lowest BCUT2D eigenvalue weighted by atomic mass is 10.1. The van der Waals surface area contributed by atoms with Gasteiger partial charge in [-0.1, -0.05) is 12.1 Å². The van der Waals surface area contributed by atoms with Gasteiger partial charge in [-0.25, -0.2) is 13.4 Å². The average Bonchev–Trinajstić information content (AvgIpc) is 3.37. The smallest absolute Gasteiger partial charge is 0.268 e. The van der Waals surface area contributed by atoms with E-state index in [9.17, 15) is 8.42 Å². The number of benzene rings is 1. The lowest BCUT2D eigenvalue weighted by molar-refractivity contribution is 0.582. The number of thiophene rings is 1. The van der Waals surface area contributed by atoms with Gasteiger partial charge in [0.15, 0.2) is 9.84 Å². The lowest BCUT2D eigenvalue weighted by Crippen LogP contribution is -2.13. The molecule has 0 amide bonds. The Labute approximate surface area is 180 Å². The van der Waals surface area contributed by atoms with Crippen molar-refractivity contribution in [3.8, 4) is 33.6 Å². The fourth-order valence-corrected chi connectivity index (χ4v) is 4.79. The third-order valence-corrected chi connectivity index (χ3v) is 7.91. The Morgan fingerprint density at radius 2 is 1.73 bits per heavy atom. The number of aryl methyl sites for hydroxylation is 2. The molecule has 0 aliphatic rings. The maximum absolute atomic E-state index is 12.3. The van der Waals surface area contributed by atoms with Crippen LogP contribution in [0.4, 0.5) is 0 Å². The molecular weight excluding hydrogens is 420 g/mol. The van der Waals surface area contributed by atoms with Crippen molar-refractivity contribution in [3.05, 3.63) is 53.2 Å². The first-order valence-corrected chi connectivity index (χ1v) is 11.8. The van der Waals surface area contributed by atoms with Crippen LogP contribution in [-0.2, 0) is 9.84 Å². The maximum Gasteiger partial charge on any atom is 0.268 e. The van der Waals surface area contributed by atoms with Gasteiger partial charge < -0.3 is 4.42 Å². The zero-order chi connectivity index (χ0) is 21.5. The molecule has 0 fully saturated rings. The summed E-state index contributed by atoms with van der Waals surface area (Å²) in [6, 6.07) is 8.64. The predicted molar refractivity (Wildman–Crippen MR) is 118 cm³/mol.